The third-order valence-electron chi connectivity index (χ3n) is 5.28. The molecule has 3 aromatic rings. The summed E-state index contributed by atoms with van der Waals surface area (Å²) in [4.78, 5) is 27.0. The predicted molar refractivity (Wildman–Crippen MR) is 116 cm³/mol. The summed E-state index contributed by atoms with van der Waals surface area (Å²) in [6.07, 6.45) is 2.20. The fourth-order valence-corrected chi connectivity index (χ4v) is 3.82. The molecule has 0 fully saturated rings. The minimum Gasteiger partial charge on any atom is -0.320 e. The molecule has 0 spiro atoms. The number of anilines is 1. The molecule has 0 radical (unpaired) electrons. The van der Waals surface area contributed by atoms with Crippen LogP contribution in [0.25, 0.3) is 0 Å². The van der Waals surface area contributed by atoms with E-state index in [0.29, 0.717) is 30.1 Å². The van der Waals surface area contributed by atoms with Crippen molar-refractivity contribution >= 4 is 23.3 Å². The summed E-state index contributed by atoms with van der Waals surface area (Å²) in [5.74, 6) is -0.421. The van der Waals surface area contributed by atoms with Crippen LogP contribution in [0.2, 0.25) is 5.02 Å². The molecule has 30 heavy (non-hydrogen) atoms. The first-order chi connectivity index (χ1) is 14.4. The van der Waals surface area contributed by atoms with Gasteiger partial charge in [0.2, 0.25) is 0 Å². The van der Waals surface area contributed by atoms with Gasteiger partial charge in [0, 0.05) is 23.3 Å². The number of benzene rings is 2. The molecule has 4 rings (SSSR count). The second-order valence-electron chi connectivity index (χ2n) is 7.47. The molecule has 7 heteroatoms. The number of amides is 2. The number of aromatic nitrogens is 1. The number of aryl methyl sites for hydroxylation is 1. The van der Waals surface area contributed by atoms with Gasteiger partial charge in [-0.15, -0.1) is 0 Å². The molecule has 1 aromatic heterocycles. The summed E-state index contributed by atoms with van der Waals surface area (Å²) in [5, 5.41) is 3.03. The highest BCUT2D eigenvalue weighted by molar-refractivity contribution is 6.30. The van der Waals surface area contributed by atoms with Crippen LogP contribution in [-0.2, 0) is 19.5 Å². The molecule has 1 aliphatic heterocycles. The van der Waals surface area contributed by atoms with Crippen molar-refractivity contribution in [2.75, 3.05) is 11.9 Å². The fraction of sp³-hybridized carbons (Fsp3) is 0.217. The summed E-state index contributed by atoms with van der Waals surface area (Å²) in [6.45, 7) is 2.97. The third kappa shape index (κ3) is 4.24. The Morgan fingerprint density at radius 2 is 1.97 bits per heavy atom. The Morgan fingerprint density at radius 3 is 2.73 bits per heavy atom. The molecular weight excluding hydrogens is 405 g/mol. The number of carbonyl (C=O) groups is 1. The Bertz CT molecular complexity index is 1160. The van der Waals surface area contributed by atoms with E-state index in [1.165, 1.54) is 11.0 Å². The lowest BCUT2D eigenvalue weighted by Crippen LogP contribution is -2.40. The lowest BCUT2D eigenvalue weighted by Gasteiger charge is -2.29. The maximum atomic E-state index is 14.2. The van der Waals surface area contributed by atoms with Crippen LogP contribution < -0.4 is 10.9 Å². The zero-order valence-corrected chi connectivity index (χ0v) is 17.2. The highest BCUT2D eigenvalue weighted by atomic mass is 35.5. The minimum absolute atomic E-state index is 0.133. The van der Waals surface area contributed by atoms with Crippen molar-refractivity contribution in [1.29, 1.82) is 0 Å². The molecule has 0 atom stereocenters. The Balaban J connectivity index is 1.50. The number of pyridine rings is 1. The van der Waals surface area contributed by atoms with Crippen LogP contribution in [0.5, 0.6) is 0 Å². The first kappa shape index (κ1) is 20.2. The molecule has 2 aromatic carbocycles. The number of hydrogen-bond acceptors (Lipinski definition) is 2. The van der Waals surface area contributed by atoms with Gasteiger partial charge in [-0.2, -0.15) is 0 Å². The molecule has 154 valence electrons. The molecule has 0 unspecified atom stereocenters. The first-order valence-corrected chi connectivity index (χ1v) is 10.1. The van der Waals surface area contributed by atoms with Crippen LogP contribution in [0, 0.1) is 12.7 Å². The highest BCUT2D eigenvalue weighted by Gasteiger charge is 2.24. The number of nitrogens with one attached hydrogen (secondary N) is 1. The molecule has 2 amide bonds. The van der Waals surface area contributed by atoms with Gasteiger partial charge in [0.1, 0.15) is 11.5 Å². The van der Waals surface area contributed by atoms with Gasteiger partial charge in [-0.25, -0.2) is 9.18 Å². The third-order valence-corrected chi connectivity index (χ3v) is 5.49. The maximum absolute atomic E-state index is 14.2. The molecule has 1 aliphatic rings. The number of fused-ring (bicyclic) bond motifs is 1. The summed E-state index contributed by atoms with van der Waals surface area (Å²) in [6, 6.07) is 13.8. The van der Waals surface area contributed by atoms with Crippen molar-refractivity contribution in [2.24, 2.45) is 0 Å². The summed E-state index contributed by atoms with van der Waals surface area (Å²) >= 11 is 5.92. The van der Waals surface area contributed by atoms with Crippen molar-refractivity contribution in [2.45, 2.75) is 26.4 Å². The normalized spacial score (nSPS) is 13.1. The van der Waals surface area contributed by atoms with Gasteiger partial charge in [0.05, 0.1) is 13.1 Å². The average molecular weight is 426 g/mol. The molecule has 0 saturated heterocycles. The SMILES string of the molecule is Cc1ccc(Cn2cccc(NC(=O)N3CCc4cc(Cl)cc(F)c4C3)c2=O)cc1. The summed E-state index contributed by atoms with van der Waals surface area (Å²) in [7, 11) is 0. The highest BCUT2D eigenvalue weighted by Crippen LogP contribution is 2.26. The Kier molecular flexibility index (Phi) is 5.59. The fourth-order valence-electron chi connectivity index (χ4n) is 3.60. The van der Waals surface area contributed by atoms with Crippen LogP contribution in [0.3, 0.4) is 0 Å². The van der Waals surface area contributed by atoms with Crippen molar-refractivity contribution in [3.8, 4) is 0 Å². The first-order valence-electron chi connectivity index (χ1n) is 9.68. The van der Waals surface area contributed by atoms with Gasteiger partial charge >= 0.3 is 6.03 Å². The van der Waals surface area contributed by atoms with Gasteiger partial charge < -0.3 is 14.8 Å². The van der Waals surface area contributed by atoms with Crippen LogP contribution in [0.4, 0.5) is 14.9 Å². The molecule has 1 N–H and O–H groups in total. The van der Waals surface area contributed by atoms with Crippen LogP contribution >= 0.6 is 11.6 Å². The maximum Gasteiger partial charge on any atom is 0.322 e. The molecule has 0 bridgehead atoms. The van der Waals surface area contributed by atoms with Crippen molar-refractivity contribution < 1.29 is 9.18 Å². The van der Waals surface area contributed by atoms with E-state index in [-0.39, 0.29) is 17.8 Å². The number of urea groups is 1. The van der Waals surface area contributed by atoms with Gasteiger partial charge in [-0.3, -0.25) is 4.79 Å². The average Bonchev–Trinajstić information content (AvgIpc) is 2.72. The number of rotatable bonds is 3. The zero-order chi connectivity index (χ0) is 21.3. The van der Waals surface area contributed by atoms with E-state index in [9.17, 15) is 14.0 Å². The molecule has 0 saturated carbocycles. The van der Waals surface area contributed by atoms with Crippen molar-refractivity contribution in [3.05, 3.63) is 98.2 Å². The molecule has 2 heterocycles. The predicted octanol–water partition coefficient (Wildman–Crippen LogP) is 4.59. The van der Waals surface area contributed by atoms with Gasteiger partial charge in [-0.1, -0.05) is 41.4 Å². The Hall–Kier alpha value is -3.12. The van der Waals surface area contributed by atoms with E-state index in [1.54, 1.807) is 29.0 Å². The summed E-state index contributed by atoms with van der Waals surface area (Å²) in [5.41, 5.74) is 3.32. The molecule has 5 nitrogen and oxygen atoms in total. The molecular formula is C23H21ClFN3O2. The number of halogens is 2. The second-order valence-corrected chi connectivity index (χ2v) is 7.90. The van der Waals surface area contributed by atoms with E-state index < -0.39 is 11.8 Å². The van der Waals surface area contributed by atoms with E-state index in [4.69, 9.17) is 11.6 Å². The Morgan fingerprint density at radius 1 is 1.20 bits per heavy atom. The van der Waals surface area contributed by atoms with Gasteiger partial charge in [0.25, 0.3) is 5.56 Å². The Labute approximate surface area is 178 Å². The van der Waals surface area contributed by atoms with Gasteiger partial charge in [-0.05, 0) is 48.7 Å². The van der Waals surface area contributed by atoms with Crippen LogP contribution in [0.1, 0.15) is 22.3 Å². The van der Waals surface area contributed by atoms with Gasteiger partial charge in [0.15, 0.2) is 0 Å². The second kappa shape index (κ2) is 8.32. The van der Waals surface area contributed by atoms with Crippen molar-refractivity contribution in [3.63, 3.8) is 0 Å². The zero-order valence-electron chi connectivity index (χ0n) is 16.5. The quantitative estimate of drug-likeness (QED) is 0.667. The van der Waals surface area contributed by atoms with E-state index in [2.05, 4.69) is 5.32 Å². The topological polar surface area (TPSA) is 54.3 Å². The number of nitrogens with zero attached hydrogens (tertiary/aromatic N) is 2. The standard InChI is InChI=1S/C23H21ClFN3O2/c1-15-4-6-16(7-5-15)13-27-9-2-3-21(22(27)29)26-23(30)28-10-8-17-11-18(24)12-20(25)19(17)14-28/h2-7,9,11-12H,8,10,13-14H2,1H3,(H,26,30). The summed E-state index contributed by atoms with van der Waals surface area (Å²) < 4.78 is 15.8. The van der Waals surface area contributed by atoms with Crippen molar-refractivity contribution in [1.82, 2.24) is 9.47 Å². The number of carbonyl (C=O) groups excluding carboxylic acids is 1. The smallest absolute Gasteiger partial charge is 0.320 e. The van der Waals surface area contributed by atoms with E-state index in [1.807, 2.05) is 31.2 Å². The lowest BCUT2D eigenvalue weighted by atomic mass is 9.99. The monoisotopic (exact) mass is 425 g/mol. The van der Waals surface area contributed by atoms with Crippen LogP contribution in [-0.4, -0.2) is 22.0 Å². The number of hydrogen-bond donors (Lipinski definition) is 1. The molecule has 0 aliphatic carbocycles. The van der Waals surface area contributed by atoms with E-state index >= 15 is 0 Å². The minimum atomic E-state index is -0.430. The van der Waals surface area contributed by atoms with E-state index in [0.717, 1.165) is 16.7 Å². The van der Waals surface area contributed by atoms with Crippen LogP contribution in [0.15, 0.2) is 59.5 Å². The lowest BCUT2D eigenvalue weighted by molar-refractivity contribution is 0.205. The largest absolute Gasteiger partial charge is 0.322 e.